The summed E-state index contributed by atoms with van der Waals surface area (Å²) in [6, 6.07) is 12.9. The number of allylic oxidation sites excluding steroid dienone is 1. The van der Waals surface area contributed by atoms with Crippen LogP contribution in [0, 0.1) is 5.82 Å². The van der Waals surface area contributed by atoms with Gasteiger partial charge in [0.25, 0.3) is 0 Å². The van der Waals surface area contributed by atoms with E-state index < -0.39 is 0 Å². The molecule has 0 aliphatic rings. The Labute approximate surface area is 131 Å². The average Bonchev–Trinajstić information content (AvgIpc) is 2.55. The van der Waals surface area contributed by atoms with Crippen LogP contribution < -0.4 is 0 Å². The maximum absolute atomic E-state index is 14.3. The van der Waals surface area contributed by atoms with Crippen molar-refractivity contribution in [1.82, 2.24) is 0 Å². The molecule has 0 spiro atoms. The van der Waals surface area contributed by atoms with Crippen molar-refractivity contribution in [3.05, 3.63) is 78.1 Å². The molecule has 2 aromatic carbocycles. The molecule has 2 rings (SSSR count). The first-order valence-corrected chi connectivity index (χ1v) is 7.48. The van der Waals surface area contributed by atoms with Gasteiger partial charge in [-0.1, -0.05) is 68.1 Å². The topological polar surface area (TPSA) is 9.23 Å². The quantitative estimate of drug-likeness (QED) is 0.476. The summed E-state index contributed by atoms with van der Waals surface area (Å²) < 4.78 is 19.7. The lowest BCUT2D eigenvalue weighted by Crippen LogP contribution is -1.95. The van der Waals surface area contributed by atoms with Gasteiger partial charge >= 0.3 is 0 Å². The monoisotopic (exact) mass is 296 g/mol. The lowest BCUT2D eigenvalue weighted by Gasteiger charge is -2.07. The Morgan fingerprint density at radius 2 is 1.86 bits per heavy atom. The van der Waals surface area contributed by atoms with E-state index in [0.29, 0.717) is 18.8 Å². The van der Waals surface area contributed by atoms with Crippen molar-refractivity contribution in [1.29, 1.82) is 0 Å². The van der Waals surface area contributed by atoms with E-state index in [4.69, 9.17) is 4.74 Å². The predicted octanol–water partition coefficient (Wildman–Crippen LogP) is 5.62. The smallest absolute Gasteiger partial charge is 0.131 e. The van der Waals surface area contributed by atoms with Crippen molar-refractivity contribution in [2.45, 2.75) is 20.0 Å². The number of halogens is 1. The van der Waals surface area contributed by atoms with Gasteiger partial charge in [0.15, 0.2) is 0 Å². The van der Waals surface area contributed by atoms with Crippen molar-refractivity contribution in [2.24, 2.45) is 0 Å². The van der Waals surface area contributed by atoms with Crippen LogP contribution in [0.3, 0.4) is 0 Å². The lowest BCUT2D eigenvalue weighted by atomic mass is 10.0. The largest absolute Gasteiger partial charge is 0.373 e. The van der Waals surface area contributed by atoms with Crippen molar-refractivity contribution in [3.8, 4) is 11.1 Å². The fourth-order valence-electron chi connectivity index (χ4n) is 2.16. The van der Waals surface area contributed by atoms with Crippen LogP contribution in [0.4, 0.5) is 4.39 Å². The molecule has 0 unspecified atom stereocenters. The molecule has 0 atom stereocenters. The van der Waals surface area contributed by atoms with Gasteiger partial charge < -0.3 is 4.74 Å². The number of ether oxygens (including phenoxy) is 1. The van der Waals surface area contributed by atoms with Crippen LogP contribution in [0.5, 0.6) is 0 Å². The minimum atomic E-state index is -0.225. The van der Waals surface area contributed by atoms with Crippen LogP contribution in [0.2, 0.25) is 0 Å². The van der Waals surface area contributed by atoms with Crippen LogP contribution in [0.15, 0.2) is 61.2 Å². The third-order valence-electron chi connectivity index (χ3n) is 3.38. The van der Waals surface area contributed by atoms with Gasteiger partial charge in [0.1, 0.15) is 5.82 Å². The summed E-state index contributed by atoms with van der Waals surface area (Å²) >= 11 is 0. The fraction of sp³-hybridized carbons (Fsp3) is 0.200. The Hall–Kier alpha value is -2.19. The highest BCUT2D eigenvalue weighted by molar-refractivity contribution is 5.66. The first-order chi connectivity index (χ1) is 10.7. The summed E-state index contributed by atoms with van der Waals surface area (Å²) in [7, 11) is 0. The van der Waals surface area contributed by atoms with Crippen molar-refractivity contribution in [3.63, 3.8) is 0 Å². The zero-order valence-electron chi connectivity index (χ0n) is 12.9. The van der Waals surface area contributed by atoms with E-state index in [1.54, 1.807) is 18.2 Å². The molecule has 0 bridgehead atoms. The second-order valence-electron chi connectivity index (χ2n) is 5.04. The number of rotatable bonds is 7. The highest BCUT2D eigenvalue weighted by Crippen LogP contribution is 2.24. The van der Waals surface area contributed by atoms with Crippen LogP contribution in [0.1, 0.15) is 24.5 Å². The van der Waals surface area contributed by atoms with Gasteiger partial charge in [0.05, 0.1) is 13.2 Å². The average molecular weight is 296 g/mol. The van der Waals surface area contributed by atoms with E-state index in [9.17, 15) is 4.39 Å². The third kappa shape index (κ3) is 4.40. The van der Waals surface area contributed by atoms with Crippen LogP contribution in [0.25, 0.3) is 17.2 Å². The van der Waals surface area contributed by atoms with Crippen LogP contribution in [-0.4, -0.2) is 6.61 Å². The Morgan fingerprint density at radius 1 is 1.09 bits per heavy atom. The second-order valence-corrected chi connectivity index (χ2v) is 5.04. The van der Waals surface area contributed by atoms with E-state index in [-0.39, 0.29) is 5.82 Å². The minimum absolute atomic E-state index is 0.225. The highest BCUT2D eigenvalue weighted by Gasteiger charge is 2.06. The molecule has 114 valence electrons. The number of hydrogen-bond acceptors (Lipinski definition) is 1. The minimum Gasteiger partial charge on any atom is -0.373 e. The van der Waals surface area contributed by atoms with Crippen molar-refractivity contribution >= 4 is 6.08 Å². The lowest BCUT2D eigenvalue weighted by molar-refractivity contribution is 0.148. The van der Waals surface area contributed by atoms with Gasteiger partial charge in [-0.15, -0.1) is 0 Å². The zero-order chi connectivity index (χ0) is 15.8. The summed E-state index contributed by atoms with van der Waals surface area (Å²) in [6.07, 6.45) is 6.80. The molecule has 1 nitrogen and oxygen atoms in total. The molecule has 0 amide bonds. The number of benzene rings is 2. The highest BCUT2D eigenvalue weighted by atomic mass is 19.1. The van der Waals surface area contributed by atoms with Crippen molar-refractivity contribution < 1.29 is 9.13 Å². The van der Waals surface area contributed by atoms with Crippen LogP contribution >= 0.6 is 0 Å². The Kier molecular flexibility index (Phi) is 6.11. The van der Waals surface area contributed by atoms with Gasteiger partial charge in [-0.25, -0.2) is 4.39 Å². The molecule has 0 radical (unpaired) electrons. The standard InChI is InChI=1S/C20H21FO/c1-3-5-6-13-22-15-17-9-12-19(20(21)14-17)18-10-7-16(4-2)8-11-18/h4-12,14H,2-3,13,15H2,1H3/b6-5+. The Bertz CT molecular complexity index is 641. The molecule has 22 heavy (non-hydrogen) atoms. The van der Waals surface area contributed by atoms with Crippen molar-refractivity contribution in [2.75, 3.05) is 6.61 Å². The molecular weight excluding hydrogens is 275 g/mol. The fourth-order valence-corrected chi connectivity index (χ4v) is 2.16. The zero-order valence-corrected chi connectivity index (χ0v) is 12.9. The third-order valence-corrected chi connectivity index (χ3v) is 3.38. The first-order valence-electron chi connectivity index (χ1n) is 7.48. The van der Waals surface area contributed by atoms with Gasteiger partial charge in [0.2, 0.25) is 0 Å². The molecule has 0 saturated carbocycles. The SMILES string of the molecule is C=Cc1ccc(-c2ccc(COC/C=C/CC)cc2F)cc1. The molecular formula is C20H21FO. The molecule has 0 fully saturated rings. The molecule has 0 aromatic heterocycles. The second kappa shape index (κ2) is 8.30. The van der Waals surface area contributed by atoms with Gasteiger partial charge in [-0.05, 0) is 29.2 Å². The van der Waals surface area contributed by atoms with Crippen LogP contribution in [-0.2, 0) is 11.3 Å². The molecule has 0 saturated heterocycles. The summed E-state index contributed by atoms with van der Waals surface area (Å²) in [5.74, 6) is -0.225. The summed E-state index contributed by atoms with van der Waals surface area (Å²) in [4.78, 5) is 0. The Balaban J connectivity index is 2.05. The van der Waals surface area contributed by atoms with Gasteiger partial charge in [0, 0.05) is 5.56 Å². The first kappa shape index (κ1) is 16.2. The predicted molar refractivity (Wildman–Crippen MR) is 91.0 cm³/mol. The molecule has 0 heterocycles. The molecule has 0 aliphatic carbocycles. The Morgan fingerprint density at radius 3 is 2.50 bits per heavy atom. The molecule has 2 heteroatoms. The van der Waals surface area contributed by atoms with E-state index in [1.807, 2.05) is 36.4 Å². The summed E-state index contributed by atoms with van der Waals surface area (Å²) in [5, 5.41) is 0. The number of hydrogen-bond donors (Lipinski definition) is 0. The normalized spacial score (nSPS) is 11.0. The van der Waals surface area contributed by atoms with E-state index in [2.05, 4.69) is 19.6 Å². The molecule has 0 N–H and O–H groups in total. The molecule has 0 aliphatic heterocycles. The maximum atomic E-state index is 14.3. The summed E-state index contributed by atoms with van der Waals surface area (Å²) in [5.41, 5.74) is 3.33. The van der Waals surface area contributed by atoms with Gasteiger partial charge in [-0.3, -0.25) is 0 Å². The van der Waals surface area contributed by atoms with Gasteiger partial charge in [-0.2, -0.15) is 0 Å². The maximum Gasteiger partial charge on any atom is 0.131 e. The summed E-state index contributed by atoms with van der Waals surface area (Å²) in [6.45, 7) is 6.77. The van der Waals surface area contributed by atoms with E-state index >= 15 is 0 Å². The molecule has 2 aromatic rings. The van der Waals surface area contributed by atoms with E-state index in [0.717, 1.165) is 23.1 Å². The van der Waals surface area contributed by atoms with E-state index in [1.165, 1.54) is 0 Å².